The van der Waals surface area contributed by atoms with E-state index >= 15 is 0 Å². The van der Waals surface area contributed by atoms with E-state index < -0.39 is 0 Å². The third kappa shape index (κ3) is 4.62. The van der Waals surface area contributed by atoms with Gasteiger partial charge in [-0.2, -0.15) is 11.8 Å². The van der Waals surface area contributed by atoms with E-state index in [1.54, 1.807) is 7.05 Å². The van der Waals surface area contributed by atoms with E-state index in [1.165, 1.54) is 18.6 Å². The van der Waals surface area contributed by atoms with Crippen LogP contribution in [0, 0.1) is 0 Å². The van der Waals surface area contributed by atoms with Gasteiger partial charge in [0.05, 0.1) is 0 Å². The molecule has 1 aromatic rings. The Labute approximate surface area is 124 Å². The number of nitrogens with one attached hydrogen (secondary N) is 2. The van der Waals surface area contributed by atoms with Crippen LogP contribution in [0.5, 0.6) is 0 Å². The zero-order valence-corrected chi connectivity index (χ0v) is 12.7. The summed E-state index contributed by atoms with van der Waals surface area (Å²) in [5.41, 5.74) is 1.09. The fraction of sp³-hybridized carbons (Fsp3) is 0.500. The average molecular weight is 298 g/mol. The molecule has 2 N–H and O–H groups in total. The lowest BCUT2D eigenvalue weighted by Gasteiger charge is -2.15. The maximum atomic E-state index is 6.13. The first-order chi connectivity index (χ1) is 9.29. The normalized spacial score (nSPS) is 19.5. The molecule has 5 heteroatoms. The van der Waals surface area contributed by atoms with Gasteiger partial charge in [-0.3, -0.25) is 4.99 Å². The average Bonchev–Trinajstić information content (AvgIpc) is 2.94. The van der Waals surface area contributed by atoms with Crippen molar-refractivity contribution in [1.29, 1.82) is 0 Å². The number of hydrogen-bond acceptors (Lipinski definition) is 2. The minimum absolute atomic E-state index is 0.692. The van der Waals surface area contributed by atoms with Crippen molar-refractivity contribution in [2.45, 2.75) is 24.6 Å². The lowest BCUT2D eigenvalue weighted by molar-refractivity contribution is 0.726. The fourth-order valence-corrected chi connectivity index (χ4v) is 3.46. The third-order valence-corrected chi connectivity index (χ3v) is 4.92. The van der Waals surface area contributed by atoms with Gasteiger partial charge in [0, 0.05) is 30.4 Å². The van der Waals surface area contributed by atoms with Crippen LogP contribution >= 0.6 is 23.4 Å². The highest BCUT2D eigenvalue weighted by molar-refractivity contribution is 8.00. The quantitative estimate of drug-likeness (QED) is 0.663. The topological polar surface area (TPSA) is 36.4 Å². The predicted molar refractivity (Wildman–Crippen MR) is 85.1 cm³/mol. The highest BCUT2D eigenvalue weighted by Crippen LogP contribution is 2.25. The van der Waals surface area contributed by atoms with Crippen molar-refractivity contribution in [2.75, 3.05) is 19.3 Å². The van der Waals surface area contributed by atoms with Crippen LogP contribution in [0.1, 0.15) is 18.4 Å². The molecule has 1 aliphatic heterocycles. The van der Waals surface area contributed by atoms with Crippen molar-refractivity contribution in [3.63, 3.8) is 0 Å². The molecule has 0 radical (unpaired) electrons. The van der Waals surface area contributed by atoms with Crippen LogP contribution in [0.15, 0.2) is 29.3 Å². The Balaban J connectivity index is 1.78. The molecule has 1 aromatic carbocycles. The smallest absolute Gasteiger partial charge is 0.191 e. The van der Waals surface area contributed by atoms with Gasteiger partial charge in [-0.05, 0) is 30.2 Å². The summed E-state index contributed by atoms with van der Waals surface area (Å²) in [5.74, 6) is 2.13. The largest absolute Gasteiger partial charge is 0.355 e. The van der Waals surface area contributed by atoms with Crippen LogP contribution in [0.2, 0.25) is 5.02 Å². The van der Waals surface area contributed by atoms with Gasteiger partial charge in [-0.1, -0.05) is 29.8 Å². The molecule has 1 saturated heterocycles. The summed E-state index contributed by atoms with van der Waals surface area (Å²) in [6.07, 6.45) is 2.64. The van der Waals surface area contributed by atoms with E-state index in [0.29, 0.717) is 6.54 Å². The van der Waals surface area contributed by atoms with Crippen molar-refractivity contribution in [2.24, 2.45) is 4.99 Å². The Morgan fingerprint density at radius 3 is 2.95 bits per heavy atom. The van der Waals surface area contributed by atoms with Crippen LogP contribution in [0.4, 0.5) is 0 Å². The highest BCUT2D eigenvalue weighted by atomic mass is 35.5. The summed E-state index contributed by atoms with van der Waals surface area (Å²) in [6.45, 7) is 1.67. The Hall–Kier alpha value is -0.870. The Kier molecular flexibility index (Phi) is 5.86. The minimum atomic E-state index is 0.692. The molecule has 1 heterocycles. The van der Waals surface area contributed by atoms with Gasteiger partial charge in [0.15, 0.2) is 5.96 Å². The Morgan fingerprint density at radius 1 is 1.42 bits per heavy atom. The molecule has 0 spiro atoms. The summed E-state index contributed by atoms with van der Waals surface area (Å²) in [5, 5.41) is 8.18. The molecule has 104 valence electrons. The second-order valence-electron chi connectivity index (χ2n) is 4.53. The SMILES string of the molecule is CN=C(NCc1ccccc1Cl)NCC1CCCS1. The van der Waals surface area contributed by atoms with Crippen molar-refractivity contribution in [3.05, 3.63) is 34.9 Å². The fourth-order valence-electron chi connectivity index (χ4n) is 2.06. The van der Waals surface area contributed by atoms with Crippen LogP contribution in [-0.2, 0) is 6.54 Å². The first-order valence-electron chi connectivity index (χ1n) is 6.59. The van der Waals surface area contributed by atoms with Gasteiger partial charge in [-0.15, -0.1) is 0 Å². The summed E-state index contributed by atoms with van der Waals surface area (Å²) in [6, 6.07) is 7.86. The third-order valence-electron chi connectivity index (χ3n) is 3.15. The first kappa shape index (κ1) is 14.5. The molecular weight excluding hydrogens is 278 g/mol. The molecule has 1 fully saturated rings. The zero-order valence-electron chi connectivity index (χ0n) is 11.2. The number of aliphatic imine (C=N–C) groups is 1. The monoisotopic (exact) mass is 297 g/mol. The van der Waals surface area contributed by atoms with Gasteiger partial charge in [0.1, 0.15) is 0 Å². The van der Waals surface area contributed by atoms with E-state index in [0.717, 1.165) is 28.3 Å². The van der Waals surface area contributed by atoms with Gasteiger partial charge >= 0.3 is 0 Å². The molecule has 0 aromatic heterocycles. The summed E-state index contributed by atoms with van der Waals surface area (Å²) in [7, 11) is 1.80. The molecular formula is C14H20ClN3S. The summed E-state index contributed by atoms with van der Waals surface area (Å²) in [4.78, 5) is 4.24. The number of benzene rings is 1. The second-order valence-corrected chi connectivity index (χ2v) is 6.35. The van der Waals surface area contributed by atoms with Crippen molar-refractivity contribution in [1.82, 2.24) is 10.6 Å². The molecule has 2 rings (SSSR count). The predicted octanol–water partition coefficient (Wildman–Crippen LogP) is 2.90. The lowest BCUT2D eigenvalue weighted by Crippen LogP contribution is -2.39. The molecule has 1 aliphatic rings. The number of hydrogen-bond donors (Lipinski definition) is 2. The van der Waals surface area contributed by atoms with Crippen molar-refractivity contribution < 1.29 is 0 Å². The van der Waals surface area contributed by atoms with Gasteiger partial charge in [-0.25, -0.2) is 0 Å². The van der Waals surface area contributed by atoms with Crippen LogP contribution in [0.3, 0.4) is 0 Å². The van der Waals surface area contributed by atoms with Crippen molar-refractivity contribution >= 4 is 29.3 Å². The number of halogens is 1. The van der Waals surface area contributed by atoms with E-state index in [4.69, 9.17) is 11.6 Å². The molecule has 0 saturated carbocycles. The highest BCUT2D eigenvalue weighted by Gasteiger charge is 2.15. The van der Waals surface area contributed by atoms with Gasteiger partial charge in [0.25, 0.3) is 0 Å². The first-order valence-corrected chi connectivity index (χ1v) is 8.02. The van der Waals surface area contributed by atoms with Gasteiger partial charge in [0.2, 0.25) is 0 Å². The number of nitrogens with zero attached hydrogens (tertiary/aromatic N) is 1. The second kappa shape index (κ2) is 7.65. The number of rotatable bonds is 4. The molecule has 0 bridgehead atoms. The standard InChI is InChI=1S/C14H20ClN3S/c1-16-14(18-10-12-6-4-8-19-12)17-9-11-5-2-3-7-13(11)15/h2-3,5,7,12H,4,6,8-10H2,1H3,(H2,16,17,18). The molecule has 0 amide bonds. The number of thioether (sulfide) groups is 1. The van der Waals surface area contributed by atoms with Gasteiger partial charge < -0.3 is 10.6 Å². The minimum Gasteiger partial charge on any atom is -0.355 e. The Morgan fingerprint density at radius 2 is 2.26 bits per heavy atom. The van der Waals surface area contributed by atoms with E-state index in [2.05, 4.69) is 15.6 Å². The molecule has 1 atom stereocenters. The van der Waals surface area contributed by atoms with E-state index in [-0.39, 0.29) is 0 Å². The summed E-state index contributed by atoms with van der Waals surface area (Å²) < 4.78 is 0. The molecule has 0 aliphatic carbocycles. The maximum absolute atomic E-state index is 6.13. The van der Waals surface area contributed by atoms with Crippen LogP contribution in [-0.4, -0.2) is 30.6 Å². The zero-order chi connectivity index (χ0) is 13.5. The van der Waals surface area contributed by atoms with Crippen molar-refractivity contribution in [3.8, 4) is 0 Å². The van der Waals surface area contributed by atoms with Crippen LogP contribution in [0.25, 0.3) is 0 Å². The van der Waals surface area contributed by atoms with Crippen LogP contribution < -0.4 is 10.6 Å². The van der Waals surface area contributed by atoms with E-state index in [1.807, 2.05) is 36.0 Å². The summed E-state index contributed by atoms with van der Waals surface area (Å²) >= 11 is 8.17. The molecule has 1 unspecified atom stereocenters. The Bertz CT molecular complexity index is 430. The lowest BCUT2D eigenvalue weighted by atomic mass is 10.2. The molecule has 19 heavy (non-hydrogen) atoms. The maximum Gasteiger partial charge on any atom is 0.191 e. The molecule has 3 nitrogen and oxygen atoms in total. The van der Waals surface area contributed by atoms with E-state index in [9.17, 15) is 0 Å². The number of guanidine groups is 1.